The number of nitrogens with zero attached hydrogens (tertiary/aromatic N) is 1. The molecular weight excluding hydrogens is 546 g/mol. The van der Waals surface area contributed by atoms with Gasteiger partial charge in [-0.05, 0) is 44.9 Å². The highest BCUT2D eigenvalue weighted by atomic mass is 16.2. The summed E-state index contributed by atoms with van der Waals surface area (Å²) < 4.78 is 1.34. The Kier molecular flexibility index (Phi) is 38.3. The molecule has 0 atom stereocenters. The summed E-state index contributed by atoms with van der Waals surface area (Å²) in [5.41, 5.74) is 0. The van der Waals surface area contributed by atoms with E-state index in [-0.39, 0.29) is 0 Å². The van der Waals surface area contributed by atoms with E-state index in [1.54, 1.807) is 0 Å². The van der Waals surface area contributed by atoms with Crippen LogP contribution in [0.25, 0.3) is 0 Å². The van der Waals surface area contributed by atoms with Crippen LogP contribution in [-0.4, -0.2) is 42.9 Å². The predicted molar refractivity (Wildman–Crippen MR) is 205 cm³/mol. The van der Waals surface area contributed by atoms with Crippen molar-refractivity contribution in [3.63, 3.8) is 0 Å². The summed E-state index contributed by atoms with van der Waals surface area (Å²) in [6, 6.07) is 0. The van der Waals surface area contributed by atoms with Gasteiger partial charge in [0.25, 0.3) is 0 Å². The minimum atomic E-state index is 0.370. The zero-order valence-corrected chi connectivity index (χ0v) is 32.2. The van der Waals surface area contributed by atoms with Crippen molar-refractivity contribution < 1.29 is 9.59 Å². The molecule has 0 spiro atoms. The molecule has 0 rings (SSSR count). The Bertz CT molecular complexity index is 488. The van der Waals surface area contributed by atoms with E-state index in [1.807, 2.05) is 0 Å². The van der Waals surface area contributed by atoms with Gasteiger partial charge in [0.2, 0.25) is 0 Å². The molecule has 45 heavy (non-hydrogen) atoms. The van der Waals surface area contributed by atoms with Crippen LogP contribution in [-0.2, 0) is 0 Å². The third-order valence-corrected chi connectivity index (χ3v) is 10.7. The van der Waals surface area contributed by atoms with E-state index in [0.717, 1.165) is 6.42 Å². The van der Waals surface area contributed by atoms with Crippen LogP contribution < -0.4 is 0 Å². The highest BCUT2D eigenvalue weighted by Crippen LogP contribution is 2.18. The van der Waals surface area contributed by atoms with Gasteiger partial charge in [0.15, 0.2) is 0 Å². The summed E-state index contributed by atoms with van der Waals surface area (Å²) in [5, 5.41) is 8.97. The lowest BCUT2D eigenvalue weighted by Crippen LogP contribution is -2.46. The van der Waals surface area contributed by atoms with Gasteiger partial charge in [-0.2, -0.15) is 0 Å². The van der Waals surface area contributed by atoms with Crippen LogP contribution in [0.2, 0.25) is 0 Å². The number of hydrogen-bond acceptors (Lipinski definition) is 1. The van der Waals surface area contributed by atoms with Crippen LogP contribution in [0.3, 0.4) is 0 Å². The molecule has 1 N–H and O–H groups in total. The van der Waals surface area contributed by atoms with Gasteiger partial charge in [-0.25, -0.2) is 0 Å². The molecule has 0 amide bonds. The summed E-state index contributed by atoms with van der Waals surface area (Å²) in [6.45, 7) is 9.23. The first-order chi connectivity index (χ1) is 22.2. The Hall–Kier alpha value is -0.0800. The Morgan fingerprint density at radius 2 is 0.444 bits per heavy atom. The molecule has 0 bridgehead atoms. The number of aliphatic hydroxyl groups is 1. The molecule has 0 saturated heterocycles. The van der Waals surface area contributed by atoms with Crippen molar-refractivity contribution in [2.45, 2.75) is 245 Å². The van der Waals surface area contributed by atoms with Crippen LogP contribution >= 0.6 is 0 Å². The molecule has 0 fully saturated rings. The maximum atomic E-state index is 8.97. The second-order valence-corrected chi connectivity index (χ2v) is 15.5. The van der Waals surface area contributed by atoms with Crippen molar-refractivity contribution in [2.24, 2.45) is 0 Å². The second kappa shape index (κ2) is 38.4. The topological polar surface area (TPSA) is 20.2 Å². The van der Waals surface area contributed by atoms with E-state index in [2.05, 4.69) is 20.9 Å². The number of hydrogen-bond donors (Lipinski definition) is 1. The standard InChI is InChI=1S/C43H90NO/c1-4-6-8-10-12-14-16-18-20-22-24-28-32-36-40-44(3,42-38-34-30-26-27-31-35-39-43-45)41-37-33-29-25-23-21-19-17-15-13-11-9-7-5-2/h45H,4-43H2,1-3H3/q+1. The molecule has 0 aliphatic rings. The first-order valence-electron chi connectivity index (χ1n) is 21.6. The van der Waals surface area contributed by atoms with E-state index in [9.17, 15) is 0 Å². The number of rotatable bonds is 40. The van der Waals surface area contributed by atoms with Gasteiger partial charge in [-0.15, -0.1) is 0 Å². The van der Waals surface area contributed by atoms with Crippen LogP contribution in [0.1, 0.15) is 245 Å². The second-order valence-electron chi connectivity index (χ2n) is 15.5. The van der Waals surface area contributed by atoms with Crippen molar-refractivity contribution in [3.05, 3.63) is 0 Å². The maximum Gasteiger partial charge on any atom is 0.0784 e. The maximum absolute atomic E-state index is 8.97. The summed E-state index contributed by atoms with van der Waals surface area (Å²) in [5.74, 6) is 0. The molecule has 0 aliphatic carbocycles. The van der Waals surface area contributed by atoms with E-state index in [1.165, 1.54) is 249 Å². The molecule has 0 aromatic rings. The minimum absolute atomic E-state index is 0.370. The average molecular weight is 637 g/mol. The van der Waals surface area contributed by atoms with Crippen molar-refractivity contribution in [2.75, 3.05) is 33.3 Å². The molecule has 0 aromatic carbocycles. The molecule has 0 radical (unpaired) electrons. The highest BCUT2D eigenvalue weighted by molar-refractivity contribution is 4.54. The monoisotopic (exact) mass is 637 g/mol. The van der Waals surface area contributed by atoms with E-state index in [4.69, 9.17) is 5.11 Å². The smallest absolute Gasteiger partial charge is 0.0784 e. The van der Waals surface area contributed by atoms with Crippen molar-refractivity contribution in [3.8, 4) is 0 Å². The largest absolute Gasteiger partial charge is 0.396 e. The Morgan fingerprint density at radius 3 is 0.644 bits per heavy atom. The Balaban J connectivity index is 4.01. The lowest BCUT2D eigenvalue weighted by molar-refractivity contribution is -0.910. The first kappa shape index (κ1) is 44.9. The normalized spacial score (nSPS) is 12.0. The zero-order chi connectivity index (χ0) is 32.8. The van der Waals surface area contributed by atoms with E-state index < -0.39 is 0 Å². The van der Waals surface area contributed by atoms with Gasteiger partial charge in [0.05, 0.1) is 26.7 Å². The SMILES string of the molecule is CCCCCCCCCCCCCCCC[N+](C)(CCCCCCCCCCO)CCCCCCCCCCCCCCCC. The van der Waals surface area contributed by atoms with Crippen LogP contribution in [0.4, 0.5) is 0 Å². The molecule has 2 nitrogen and oxygen atoms in total. The summed E-state index contributed by atoms with van der Waals surface area (Å²) >= 11 is 0. The lowest BCUT2D eigenvalue weighted by atomic mass is 10.0. The minimum Gasteiger partial charge on any atom is -0.396 e. The van der Waals surface area contributed by atoms with Gasteiger partial charge in [-0.3, -0.25) is 0 Å². The third kappa shape index (κ3) is 36.6. The third-order valence-electron chi connectivity index (χ3n) is 10.7. The van der Waals surface area contributed by atoms with E-state index >= 15 is 0 Å². The summed E-state index contributed by atoms with van der Waals surface area (Å²) in [4.78, 5) is 0. The van der Waals surface area contributed by atoms with Crippen molar-refractivity contribution in [1.29, 1.82) is 0 Å². The Labute approximate surface area is 287 Å². The molecule has 0 aliphatic heterocycles. The number of aliphatic hydroxyl groups excluding tert-OH is 1. The van der Waals surface area contributed by atoms with Gasteiger partial charge in [-0.1, -0.05) is 200 Å². The van der Waals surface area contributed by atoms with Crippen molar-refractivity contribution >= 4 is 0 Å². The van der Waals surface area contributed by atoms with Gasteiger partial charge < -0.3 is 9.59 Å². The molecular formula is C43H90NO+. The highest BCUT2D eigenvalue weighted by Gasteiger charge is 2.20. The fourth-order valence-electron chi connectivity index (χ4n) is 7.38. The quantitative estimate of drug-likeness (QED) is 0.0524. The first-order valence-corrected chi connectivity index (χ1v) is 21.6. The molecule has 0 aromatic heterocycles. The lowest BCUT2D eigenvalue weighted by Gasteiger charge is -2.35. The van der Waals surface area contributed by atoms with E-state index in [0.29, 0.717) is 6.61 Å². The fourth-order valence-corrected chi connectivity index (χ4v) is 7.38. The van der Waals surface area contributed by atoms with Gasteiger partial charge >= 0.3 is 0 Å². The van der Waals surface area contributed by atoms with Crippen LogP contribution in [0, 0.1) is 0 Å². The number of quaternary nitrogens is 1. The molecule has 2 heteroatoms. The van der Waals surface area contributed by atoms with Crippen LogP contribution in [0.5, 0.6) is 0 Å². The Morgan fingerprint density at radius 1 is 0.267 bits per heavy atom. The molecule has 0 unspecified atom stereocenters. The van der Waals surface area contributed by atoms with Crippen LogP contribution in [0.15, 0.2) is 0 Å². The van der Waals surface area contributed by atoms with Gasteiger partial charge in [0.1, 0.15) is 0 Å². The summed E-state index contributed by atoms with van der Waals surface area (Å²) in [6.07, 6.45) is 51.4. The molecule has 0 heterocycles. The van der Waals surface area contributed by atoms with Gasteiger partial charge in [0, 0.05) is 6.61 Å². The molecule has 0 saturated carbocycles. The zero-order valence-electron chi connectivity index (χ0n) is 32.2. The number of unbranched alkanes of at least 4 members (excludes halogenated alkanes) is 33. The average Bonchev–Trinajstić information content (AvgIpc) is 3.04. The predicted octanol–water partition coefficient (Wildman–Crippen LogP) is 14.5. The summed E-state index contributed by atoms with van der Waals surface area (Å²) in [7, 11) is 2.60. The molecule has 272 valence electrons. The van der Waals surface area contributed by atoms with Crippen molar-refractivity contribution in [1.82, 2.24) is 0 Å². The fraction of sp³-hybridized carbons (Fsp3) is 1.00.